The molecule has 3 rings (SSSR count). The van der Waals surface area contributed by atoms with E-state index in [9.17, 15) is 19.1 Å². The number of nitrogens with one attached hydrogen (secondary N) is 1. The van der Waals surface area contributed by atoms with Crippen LogP contribution < -0.4 is 5.32 Å². The van der Waals surface area contributed by atoms with Crippen molar-refractivity contribution in [2.75, 3.05) is 13.6 Å². The number of halogens is 1. The fourth-order valence-corrected chi connectivity index (χ4v) is 2.87. The van der Waals surface area contributed by atoms with Gasteiger partial charge in [-0.15, -0.1) is 0 Å². The highest BCUT2D eigenvalue weighted by Gasteiger charge is 2.32. The molecular formula is C20H19FN2O3. The highest BCUT2D eigenvalue weighted by atomic mass is 19.1. The molecule has 1 atom stereocenters. The number of likely N-dealkylation sites (N-methyl/N-ethyl adjacent to an activating group) is 1. The van der Waals surface area contributed by atoms with Gasteiger partial charge in [-0.2, -0.15) is 0 Å². The molecule has 0 saturated carbocycles. The molecule has 1 unspecified atom stereocenters. The lowest BCUT2D eigenvalue weighted by molar-refractivity contribution is -0.126. The number of benzene rings is 2. The van der Waals surface area contributed by atoms with Gasteiger partial charge in [-0.1, -0.05) is 30.3 Å². The maximum absolute atomic E-state index is 13.1. The highest BCUT2D eigenvalue weighted by Crippen LogP contribution is 2.24. The minimum atomic E-state index is -0.555. The number of aliphatic hydroxyl groups is 1. The highest BCUT2D eigenvalue weighted by molar-refractivity contribution is 6.06. The maximum atomic E-state index is 13.1. The molecule has 2 N–H and O–H groups in total. The Kier molecular flexibility index (Phi) is 4.75. The topological polar surface area (TPSA) is 69.6 Å². The lowest BCUT2D eigenvalue weighted by Gasteiger charge is -2.16. The Hall–Kier alpha value is -3.15. The average molecular weight is 354 g/mol. The number of amides is 2. The van der Waals surface area contributed by atoms with Gasteiger partial charge in [0.1, 0.15) is 5.82 Å². The quantitative estimate of drug-likeness (QED) is 0.887. The van der Waals surface area contributed by atoms with Crippen LogP contribution in [0, 0.1) is 5.82 Å². The van der Waals surface area contributed by atoms with Crippen LogP contribution in [0.15, 0.2) is 59.9 Å². The Bertz CT molecular complexity index is 890. The number of nitrogens with zero attached hydrogens (tertiary/aromatic N) is 1. The second-order valence-electron chi connectivity index (χ2n) is 6.32. The van der Waals surface area contributed by atoms with Gasteiger partial charge in [0.15, 0.2) is 5.76 Å². The first-order valence-electron chi connectivity index (χ1n) is 8.21. The molecule has 0 saturated heterocycles. The van der Waals surface area contributed by atoms with Gasteiger partial charge in [0.25, 0.3) is 11.8 Å². The van der Waals surface area contributed by atoms with Gasteiger partial charge in [-0.05, 0) is 41.8 Å². The number of rotatable bonds is 4. The van der Waals surface area contributed by atoms with Crippen LogP contribution in [-0.2, 0) is 9.59 Å². The maximum Gasteiger partial charge on any atom is 0.289 e. The largest absolute Gasteiger partial charge is 0.503 e. The summed E-state index contributed by atoms with van der Waals surface area (Å²) in [5.41, 5.74) is 2.70. The van der Waals surface area contributed by atoms with Crippen LogP contribution in [0.5, 0.6) is 0 Å². The molecule has 2 aromatic carbocycles. The molecular weight excluding hydrogens is 335 g/mol. The Balaban J connectivity index is 1.77. The number of aliphatic hydroxyl groups excluding tert-OH is 1. The standard InChI is InChI=1S/C20H19FN2O3/c1-12(22-19(25)17-11-23(2)20(26)18(17)24)14-4-3-5-15(10-14)13-6-8-16(21)9-7-13/h3-10,12,24H,11H2,1-2H3,(H,22,25). The molecule has 5 nitrogen and oxygen atoms in total. The lowest BCUT2D eigenvalue weighted by atomic mass is 10.00. The fraction of sp³-hybridized carbons (Fsp3) is 0.200. The zero-order valence-corrected chi connectivity index (χ0v) is 14.5. The summed E-state index contributed by atoms with van der Waals surface area (Å²) in [6.45, 7) is 1.90. The second kappa shape index (κ2) is 7.00. The van der Waals surface area contributed by atoms with Gasteiger partial charge >= 0.3 is 0 Å². The van der Waals surface area contributed by atoms with E-state index in [1.54, 1.807) is 12.1 Å². The van der Waals surface area contributed by atoms with Crippen molar-refractivity contribution in [2.24, 2.45) is 0 Å². The van der Waals surface area contributed by atoms with Crippen molar-refractivity contribution in [3.8, 4) is 11.1 Å². The van der Waals surface area contributed by atoms with Crippen LogP contribution in [0.25, 0.3) is 11.1 Å². The van der Waals surface area contributed by atoms with Gasteiger partial charge < -0.3 is 15.3 Å². The molecule has 2 amide bonds. The SMILES string of the molecule is CC(NC(=O)C1=C(O)C(=O)N(C)C1)c1cccc(-c2ccc(F)cc2)c1. The van der Waals surface area contributed by atoms with Gasteiger partial charge in [0, 0.05) is 7.05 Å². The van der Waals surface area contributed by atoms with E-state index in [2.05, 4.69) is 5.32 Å². The van der Waals surface area contributed by atoms with Crippen molar-refractivity contribution in [1.29, 1.82) is 0 Å². The summed E-state index contributed by atoms with van der Waals surface area (Å²) in [6, 6.07) is 13.4. The molecule has 134 valence electrons. The predicted molar refractivity (Wildman–Crippen MR) is 95.7 cm³/mol. The summed E-state index contributed by atoms with van der Waals surface area (Å²) in [6.07, 6.45) is 0. The molecule has 1 heterocycles. The molecule has 0 aromatic heterocycles. The van der Waals surface area contributed by atoms with Crippen LogP contribution in [0.3, 0.4) is 0 Å². The summed E-state index contributed by atoms with van der Waals surface area (Å²) in [7, 11) is 1.52. The van der Waals surface area contributed by atoms with Gasteiger partial charge in [-0.3, -0.25) is 9.59 Å². The van der Waals surface area contributed by atoms with E-state index in [1.807, 2.05) is 31.2 Å². The van der Waals surface area contributed by atoms with Crippen LogP contribution in [0.2, 0.25) is 0 Å². The summed E-state index contributed by atoms with van der Waals surface area (Å²) in [4.78, 5) is 25.3. The Morgan fingerprint density at radius 2 is 1.88 bits per heavy atom. The van der Waals surface area contributed by atoms with E-state index < -0.39 is 17.6 Å². The first-order valence-corrected chi connectivity index (χ1v) is 8.21. The first-order chi connectivity index (χ1) is 12.4. The van der Waals surface area contributed by atoms with E-state index >= 15 is 0 Å². The van der Waals surface area contributed by atoms with Crippen molar-refractivity contribution < 1.29 is 19.1 Å². The third kappa shape index (κ3) is 3.44. The fourth-order valence-electron chi connectivity index (χ4n) is 2.87. The van der Waals surface area contributed by atoms with Crippen molar-refractivity contribution in [3.63, 3.8) is 0 Å². The smallest absolute Gasteiger partial charge is 0.289 e. The molecule has 0 bridgehead atoms. The Labute approximate surface area is 150 Å². The van der Waals surface area contributed by atoms with Crippen LogP contribution >= 0.6 is 0 Å². The van der Waals surface area contributed by atoms with Crippen molar-refractivity contribution in [1.82, 2.24) is 10.2 Å². The third-order valence-electron chi connectivity index (χ3n) is 4.42. The van der Waals surface area contributed by atoms with Gasteiger partial charge in [0.2, 0.25) is 0 Å². The monoisotopic (exact) mass is 354 g/mol. The van der Waals surface area contributed by atoms with Crippen LogP contribution in [0.1, 0.15) is 18.5 Å². The summed E-state index contributed by atoms with van der Waals surface area (Å²) in [5.74, 6) is -1.83. The van der Waals surface area contributed by atoms with E-state index in [4.69, 9.17) is 0 Å². The van der Waals surface area contributed by atoms with Crippen molar-refractivity contribution >= 4 is 11.8 Å². The minimum Gasteiger partial charge on any atom is -0.503 e. The summed E-state index contributed by atoms with van der Waals surface area (Å²) in [5, 5.41) is 12.6. The molecule has 2 aromatic rings. The van der Waals surface area contributed by atoms with E-state index in [0.29, 0.717) is 0 Å². The zero-order valence-electron chi connectivity index (χ0n) is 14.5. The summed E-state index contributed by atoms with van der Waals surface area (Å²) < 4.78 is 13.1. The molecule has 6 heteroatoms. The van der Waals surface area contributed by atoms with Gasteiger partial charge in [0.05, 0.1) is 18.2 Å². The molecule has 0 spiro atoms. The average Bonchev–Trinajstić information content (AvgIpc) is 2.90. The lowest BCUT2D eigenvalue weighted by Crippen LogP contribution is -2.30. The molecule has 0 fully saturated rings. The number of hydrogen-bond donors (Lipinski definition) is 2. The molecule has 1 aliphatic heterocycles. The number of carbonyl (C=O) groups is 2. The minimum absolute atomic E-state index is 0.0686. The van der Waals surface area contributed by atoms with E-state index in [0.717, 1.165) is 16.7 Å². The Morgan fingerprint density at radius 3 is 2.50 bits per heavy atom. The molecule has 26 heavy (non-hydrogen) atoms. The third-order valence-corrected chi connectivity index (χ3v) is 4.42. The molecule has 0 radical (unpaired) electrons. The summed E-state index contributed by atoms with van der Waals surface area (Å²) >= 11 is 0. The van der Waals surface area contributed by atoms with E-state index in [-0.39, 0.29) is 24.0 Å². The van der Waals surface area contributed by atoms with Crippen molar-refractivity contribution in [3.05, 3.63) is 71.2 Å². The number of hydrogen-bond acceptors (Lipinski definition) is 3. The van der Waals surface area contributed by atoms with Crippen LogP contribution in [-0.4, -0.2) is 35.4 Å². The second-order valence-corrected chi connectivity index (χ2v) is 6.32. The molecule has 0 aliphatic carbocycles. The first kappa shape index (κ1) is 17.7. The van der Waals surface area contributed by atoms with E-state index in [1.165, 1.54) is 24.1 Å². The van der Waals surface area contributed by atoms with Crippen molar-refractivity contribution in [2.45, 2.75) is 13.0 Å². The number of carbonyl (C=O) groups excluding carboxylic acids is 2. The molecule has 1 aliphatic rings. The van der Waals surface area contributed by atoms with Crippen LogP contribution in [0.4, 0.5) is 4.39 Å². The Morgan fingerprint density at radius 1 is 1.19 bits per heavy atom. The van der Waals surface area contributed by atoms with Gasteiger partial charge in [-0.25, -0.2) is 4.39 Å². The normalized spacial score (nSPS) is 15.3. The zero-order chi connectivity index (χ0) is 18.8. The predicted octanol–water partition coefficient (Wildman–Crippen LogP) is 2.95.